The summed E-state index contributed by atoms with van der Waals surface area (Å²) in [5, 5.41) is 4.35. The fourth-order valence-corrected chi connectivity index (χ4v) is 7.85. The van der Waals surface area contributed by atoms with Crippen LogP contribution in [0.25, 0.3) is 111 Å². The van der Waals surface area contributed by atoms with Gasteiger partial charge in [0.1, 0.15) is 22.3 Å². The molecule has 0 saturated carbocycles. The van der Waals surface area contributed by atoms with Gasteiger partial charge in [0.25, 0.3) is 0 Å². The van der Waals surface area contributed by atoms with Crippen molar-refractivity contribution in [2.24, 2.45) is 0 Å². The Morgan fingerprint density at radius 3 is 1.43 bits per heavy atom. The summed E-state index contributed by atoms with van der Waals surface area (Å²) in [6, 6.07) is 64.4. The number of aromatic nitrogens is 3. The first kappa shape index (κ1) is 31.9. The highest BCUT2D eigenvalue weighted by atomic mass is 16.3. The molecule has 0 aliphatic carbocycles. The zero-order valence-corrected chi connectivity index (χ0v) is 30.1. The Hall–Kier alpha value is -7.63. The van der Waals surface area contributed by atoms with Crippen molar-refractivity contribution >= 4 is 43.9 Å². The van der Waals surface area contributed by atoms with Crippen LogP contribution in [0.5, 0.6) is 0 Å². The number of rotatable bonds is 6. The van der Waals surface area contributed by atoms with E-state index in [2.05, 4.69) is 127 Å². The molecule has 11 rings (SSSR count). The highest BCUT2D eigenvalue weighted by molar-refractivity contribution is 6.15. The van der Waals surface area contributed by atoms with Gasteiger partial charge in [0.2, 0.25) is 0 Å². The number of hydrogen-bond donors (Lipinski definition) is 0. The van der Waals surface area contributed by atoms with E-state index in [1.807, 2.05) is 60.7 Å². The Morgan fingerprint density at radius 2 is 0.732 bits per heavy atom. The van der Waals surface area contributed by atoms with Crippen molar-refractivity contribution in [2.75, 3.05) is 0 Å². The Kier molecular flexibility index (Phi) is 7.42. The van der Waals surface area contributed by atoms with Gasteiger partial charge < -0.3 is 8.83 Å². The van der Waals surface area contributed by atoms with E-state index in [9.17, 15) is 0 Å². The third kappa shape index (κ3) is 5.37. The van der Waals surface area contributed by atoms with E-state index >= 15 is 0 Å². The van der Waals surface area contributed by atoms with Gasteiger partial charge in [-0.25, -0.2) is 15.0 Å². The van der Waals surface area contributed by atoms with Crippen molar-refractivity contribution in [2.45, 2.75) is 0 Å². The number of nitrogens with zero attached hydrogens (tertiary/aromatic N) is 3. The predicted molar refractivity (Wildman–Crippen MR) is 227 cm³/mol. The van der Waals surface area contributed by atoms with Gasteiger partial charge in [-0.1, -0.05) is 170 Å². The van der Waals surface area contributed by atoms with Crippen LogP contribution < -0.4 is 0 Å². The Morgan fingerprint density at radius 1 is 0.268 bits per heavy atom. The van der Waals surface area contributed by atoms with Gasteiger partial charge >= 0.3 is 0 Å². The molecule has 5 nitrogen and oxygen atoms in total. The molecule has 3 aromatic heterocycles. The molecule has 3 heterocycles. The second-order valence-electron chi connectivity index (χ2n) is 13.9. The topological polar surface area (TPSA) is 65.0 Å². The molecule has 0 aliphatic rings. The number of para-hydroxylation sites is 3. The molecule has 0 radical (unpaired) electrons. The minimum Gasteiger partial charge on any atom is -0.455 e. The third-order valence-corrected chi connectivity index (χ3v) is 10.6. The van der Waals surface area contributed by atoms with Crippen molar-refractivity contribution in [3.05, 3.63) is 188 Å². The van der Waals surface area contributed by atoms with Gasteiger partial charge in [-0.2, -0.15) is 0 Å². The summed E-state index contributed by atoms with van der Waals surface area (Å²) in [5.74, 6) is 1.87. The molecule has 0 bridgehead atoms. The van der Waals surface area contributed by atoms with Gasteiger partial charge in [-0.05, 0) is 40.5 Å². The summed E-state index contributed by atoms with van der Waals surface area (Å²) in [6.07, 6.45) is 0. The lowest BCUT2D eigenvalue weighted by Crippen LogP contribution is -2.01. The first-order valence-corrected chi connectivity index (χ1v) is 18.7. The first-order chi connectivity index (χ1) is 27.7. The van der Waals surface area contributed by atoms with Crippen molar-refractivity contribution in [1.82, 2.24) is 15.0 Å². The summed E-state index contributed by atoms with van der Waals surface area (Å²) in [5.41, 5.74) is 12.5. The van der Waals surface area contributed by atoms with Crippen molar-refractivity contribution in [3.8, 4) is 67.5 Å². The largest absolute Gasteiger partial charge is 0.455 e. The summed E-state index contributed by atoms with van der Waals surface area (Å²) < 4.78 is 13.1. The Balaban J connectivity index is 0.980. The maximum absolute atomic E-state index is 6.70. The Labute approximate surface area is 322 Å². The summed E-state index contributed by atoms with van der Waals surface area (Å²) in [6.45, 7) is 0. The number of furan rings is 2. The van der Waals surface area contributed by atoms with Crippen LogP contribution in [-0.4, -0.2) is 15.0 Å². The number of fused-ring (bicyclic) bond motifs is 6. The molecule has 8 aromatic carbocycles. The highest BCUT2D eigenvalue weighted by Crippen LogP contribution is 2.42. The standard InChI is InChI=1S/C51H31N3O2/c1-3-13-33(14-4-1)37-17-7-8-19-44(37)51-53-49(34-15-5-2-6-16-34)52-50(54-51)35-27-25-32(26-28-35)36-29-30-39-41-21-12-23-43(48(41)56-46(39)31-36)42-22-11-20-40-38-18-9-10-24-45(38)55-47(40)42/h1-31H. The third-order valence-electron chi connectivity index (χ3n) is 10.6. The van der Waals surface area contributed by atoms with E-state index in [1.165, 1.54) is 0 Å². The average Bonchev–Trinajstić information content (AvgIpc) is 3.85. The van der Waals surface area contributed by atoms with Crippen LogP contribution in [-0.2, 0) is 0 Å². The van der Waals surface area contributed by atoms with E-state index in [0.717, 1.165) is 93.9 Å². The van der Waals surface area contributed by atoms with Crippen LogP contribution in [0, 0.1) is 0 Å². The van der Waals surface area contributed by atoms with Crippen molar-refractivity contribution in [3.63, 3.8) is 0 Å². The van der Waals surface area contributed by atoms with Gasteiger partial charge in [-0.15, -0.1) is 0 Å². The second-order valence-corrected chi connectivity index (χ2v) is 13.9. The molecule has 0 amide bonds. The number of benzene rings is 8. The van der Waals surface area contributed by atoms with Crippen LogP contribution in [0.4, 0.5) is 0 Å². The molecule has 0 unspecified atom stereocenters. The van der Waals surface area contributed by atoms with Crippen LogP contribution >= 0.6 is 0 Å². The van der Waals surface area contributed by atoms with Crippen LogP contribution in [0.2, 0.25) is 0 Å². The van der Waals surface area contributed by atoms with E-state index in [0.29, 0.717) is 17.5 Å². The van der Waals surface area contributed by atoms with Crippen LogP contribution in [0.3, 0.4) is 0 Å². The summed E-state index contributed by atoms with van der Waals surface area (Å²) in [7, 11) is 0. The SMILES string of the molecule is c1ccc(-c2nc(-c3ccc(-c4ccc5c(c4)oc4c(-c6cccc7c6oc6ccccc67)cccc45)cc3)nc(-c3ccccc3-c3ccccc3)n2)cc1. The monoisotopic (exact) mass is 717 g/mol. The quantitative estimate of drug-likeness (QED) is 0.171. The molecular weight excluding hydrogens is 687 g/mol. The van der Waals surface area contributed by atoms with E-state index in [4.69, 9.17) is 23.8 Å². The molecule has 0 N–H and O–H groups in total. The predicted octanol–water partition coefficient (Wildman–Crippen LogP) is 13.7. The van der Waals surface area contributed by atoms with Crippen molar-refractivity contribution < 1.29 is 8.83 Å². The van der Waals surface area contributed by atoms with Gasteiger partial charge in [0.15, 0.2) is 17.5 Å². The number of hydrogen-bond acceptors (Lipinski definition) is 5. The molecule has 11 aromatic rings. The summed E-state index contributed by atoms with van der Waals surface area (Å²) in [4.78, 5) is 15.1. The Bertz CT molecular complexity index is 3240. The van der Waals surface area contributed by atoms with E-state index in [-0.39, 0.29) is 0 Å². The lowest BCUT2D eigenvalue weighted by atomic mass is 9.99. The van der Waals surface area contributed by atoms with Gasteiger partial charge in [0.05, 0.1) is 0 Å². The smallest absolute Gasteiger partial charge is 0.164 e. The van der Waals surface area contributed by atoms with Crippen LogP contribution in [0.15, 0.2) is 197 Å². The first-order valence-electron chi connectivity index (χ1n) is 18.7. The fraction of sp³-hybridized carbons (Fsp3) is 0. The maximum atomic E-state index is 6.70. The highest BCUT2D eigenvalue weighted by Gasteiger charge is 2.19. The molecular formula is C51H31N3O2. The van der Waals surface area contributed by atoms with E-state index in [1.54, 1.807) is 0 Å². The molecule has 0 atom stereocenters. The minimum atomic E-state index is 0.614. The average molecular weight is 718 g/mol. The lowest BCUT2D eigenvalue weighted by Gasteiger charge is -2.12. The molecule has 0 aliphatic heterocycles. The molecule has 0 fully saturated rings. The van der Waals surface area contributed by atoms with Crippen molar-refractivity contribution in [1.29, 1.82) is 0 Å². The molecule has 0 saturated heterocycles. The molecule has 56 heavy (non-hydrogen) atoms. The fourth-order valence-electron chi connectivity index (χ4n) is 7.85. The second kappa shape index (κ2) is 13.0. The summed E-state index contributed by atoms with van der Waals surface area (Å²) >= 11 is 0. The molecule has 0 spiro atoms. The minimum absolute atomic E-state index is 0.614. The van der Waals surface area contributed by atoms with Gasteiger partial charge in [-0.3, -0.25) is 0 Å². The molecule has 262 valence electrons. The van der Waals surface area contributed by atoms with Crippen LogP contribution in [0.1, 0.15) is 0 Å². The lowest BCUT2D eigenvalue weighted by molar-refractivity contribution is 0.665. The van der Waals surface area contributed by atoms with Gasteiger partial charge in [0, 0.05) is 49.4 Å². The molecule has 5 heteroatoms. The maximum Gasteiger partial charge on any atom is 0.164 e. The van der Waals surface area contributed by atoms with E-state index < -0.39 is 0 Å². The zero-order chi connectivity index (χ0) is 37.0. The zero-order valence-electron chi connectivity index (χ0n) is 30.1. The normalized spacial score (nSPS) is 11.6.